The fraction of sp³-hybridized carbons (Fsp3) is 0.333. The Morgan fingerprint density at radius 3 is 2.00 bits per heavy atom. The molecular weight excluding hydrogens is 375 g/mol. The Kier molecular flexibility index (Phi) is 15.6. The number of methoxy groups -OCH3 is 1. The number of ether oxygens (including phenoxy) is 1. The molecule has 0 fully saturated rings. The molecule has 0 aliphatic heterocycles. The van der Waals surface area contributed by atoms with Crippen molar-refractivity contribution in [3.05, 3.63) is 36.7 Å². The van der Waals surface area contributed by atoms with E-state index in [2.05, 4.69) is 40.7 Å². The van der Waals surface area contributed by atoms with Gasteiger partial charge in [0.05, 0.1) is 11.8 Å². The number of aromatic hydroxyl groups is 1. The van der Waals surface area contributed by atoms with Crippen LogP contribution in [0.5, 0.6) is 11.2 Å². The molecule has 0 saturated carbocycles. The van der Waals surface area contributed by atoms with Crippen LogP contribution in [0.25, 0.3) is 10.1 Å². The fourth-order valence-electron chi connectivity index (χ4n) is 1.66. The summed E-state index contributed by atoms with van der Waals surface area (Å²) in [5.41, 5.74) is 0.891. The largest absolute Gasteiger partial charge is 0 e. The molecule has 8 heteroatoms. The molecule has 0 bridgehead atoms. The fourth-order valence-corrected chi connectivity index (χ4v) is 3.84. The average molecular weight is 390 g/mol. The SMILES string of the molecule is COc1pc(C(C)(C)C)c(O)c2ccsc12.[C-]#[O+].[C-]#[O+].[C-]#[O+].[Cr]. The van der Waals surface area contributed by atoms with Gasteiger partial charge in [-0.25, -0.2) is 0 Å². The van der Waals surface area contributed by atoms with Crippen molar-refractivity contribution in [2.24, 2.45) is 0 Å². The molecule has 1 N–H and O–H groups in total. The first-order valence-electron chi connectivity index (χ1n) is 5.71. The van der Waals surface area contributed by atoms with E-state index in [4.69, 9.17) is 18.7 Å². The summed E-state index contributed by atoms with van der Waals surface area (Å²) in [6.07, 6.45) is 0. The smallest absolute Gasteiger partial charge is 0 e. The Hall–Kier alpha value is -1.04. The summed E-state index contributed by atoms with van der Waals surface area (Å²) >= 11 is 1.61. The third kappa shape index (κ3) is 6.94. The third-order valence-corrected chi connectivity index (χ3v) is 5.24. The molecular formula is C15H15CrO5PS. The van der Waals surface area contributed by atoms with Crippen LogP contribution in [0.15, 0.2) is 11.4 Å². The van der Waals surface area contributed by atoms with Gasteiger partial charge in [0.25, 0.3) is 0 Å². The van der Waals surface area contributed by atoms with E-state index in [0.717, 1.165) is 29.1 Å². The molecule has 2 aromatic rings. The quantitative estimate of drug-likeness (QED) is 0.579. The molecule has 0 aliphatic rings. The second-order valence-electron chi connectivity index (χ2n) is 4.73. The van der Waals surface area contributed by atoms with Gasteiger partial charge in [-0.05, 0) is 25.1 Å². The van der Waals surface area contributed by atoms with E-state index in [1.807, 2.05) is 11.4 Å². The predicted octanol–water partition coefficient (Wildman–Crippen LogP) is 4.38. The van der Waals surface area contributed by atoms with Crippen molar-refractivity contribution in [1.29, 1.82) is 0 Å². The molecule has 0 saturated heterocycles. The summed E-state index contributed by atoms with van der Waals surface area (Å²) in [7, 11) is 2.67. The topological polar surface area (TPSA) is 89.2 Å². The second-order valence-corrected chi connectivity index (χ2v) is 6.72. The van der Waals surface area contributed by atoms with Gasteiger partial charge in [-0.15, -0.1) is 11.3 Å². The van der Waals surface area contributed by atoms with Gasteiger partial charge in [0.15, 0.2) is 5.48 Å². The van der Waals surface area contributed by atoms with Crippen LogP contribution in [-0.4, -0.2) is 12.2 Å². The average Bonchev–Trinajstić information content (AvgIpc) is 3.03. The van der Waals surface area contributed by atoms with Gasteiger partial charge < -0.3 is 9.84 Å². The molecule has 2 heterocycles. The zero-order chi connectivity index (χ0) is 17.9. The summed E-state index contributed by atoms with van der Waals surface area (Å²) in [5.74, 6) is 0.422. The molecule has 5 nitrogen and oxygen atoms in total. The van der Waals surface area contributed by atoms with Crippen LogP contribution in [0.3, 0.4) is 0 Å². The van der Waals surface area contributed by atoms with E-state index in [1.54, 1.807) is 18.4 Å². The summed E-state index contributed by atoms with van der Waals surface area (Å²) < 4.78 is 29.0. The third-order valence-electron chi connectivity index (χ3n) is 2.46. The minimum absolute atomic E-state index is 0. The number of fused-ring (bicyclic) bond motifs is 1. The van der Waals surface area contributed by atoms with Crippen LogP contribution in [0.4, 0.5) is 0 Å². The van der Waals surface area contributed by atoms with Gasteiger partial charge in [0.1, 0.15) is 5.75 Å². The molecule has 0 radical (unpaired) electrons. The Balaban J connectivity index is -0.000000514. The van der Waals surface area contributed by atoms with Crippen molar-refractivity contribution in [1.82, 2.24) is 0 Å². The van der Waals surface area contributed by atoms with E-state index in [9.17, 15) is 5.11 Å². The Labute approximate surface area is 152 Å². The van der Waals surface area contributed by atoms with E-state index in [1.165, 1.54) is 0 Å². The van der Waals surface area contributed by atoms with Crippen molar-refractivity contribution >= 4 is 29.6 Å². The molecule has 2 rings (SSSR count). The summed E-state index contributed by atoms with van der Waals surface area (Å²) in [5, 5.41) is 14.2. The first kappa shape index (κ1) is 26.8. The number of thiophene rings is 1. The predicted molar refractivity (Wildman–Crippen MR) is 83.0 cm³/mol. The Bertz CT molecular complexity index is 641. The summed E-state index contributed by atoms with van der Waals surface area (Å²) in [6.45, 7) is 19.8. The van der Waals surface area contributed by atoms with Crippen molar-refractivity contribution in [3.8, 4) is 11.2 Å². The zero-order valence-corrected chi connectivity index (χ0v) is 16.0. The second kappa shape index (κ2) is 13.4. The zero-order valence-electron chi connectivity index (χ0n) is 13.0. The Morgan fingerprint density at radius 2 is 1.61 bits per heavy atom. The normalized spacial score (nSPS) is 8.96. The maximum atomic E-state index is 10.3. The maximum Gasteiger partial charge on any atom is 0 e. The van der Waals surface area contributed by atoms with Crippen LogP contribution in [0, 0.1) is 20.0 Å². The van der Waals surface area contributed by atoms with Gasteiger partial charge in [-0.3, -0.25) is 0 Å². The molecule has 0 aromatic carbocycles. The minimum Gasteiger partial charge on any atom is 0 e. The molecule has 0 spiro atoms. The van der Waals surface area contributed by atoms with Crippen LogP contribution >= 0.6 is 19.5 Å². The molecule has 23 heavy (non-hydrogen) atoms. The summed E-state index contributed by atoms with van der Waals surface area (Å²) in [6, 6.07) is 1.95. The van der Waals surface area contributed by atoms with Gasteiger partial charge >= 0.3 is 33.9 Å². The van der Waals surface area contributed by atoms with Crippen LogP contribution in [-0.2, 0) is 36.7 Å². The van der Waals surface area contributed by atoms with Crippen molar-refractivity contribution in [2.45, 2.75) is 26.2 Å². The Morgan fingerprint density at radius 1 is 1.13 bits per heavy atom. The number of rotatable bonds is 1. The van der Waals surface area contributed by atoms with E-state index < -0.39 is 0 Å². The number of hydrogen-bond acceptors (Lipinski definition) is 3. The maximum absolute atomic E-state index is 10.3. The van der Waals surface area contributed by atoms with E-state index >= 15 is 0 Å². The first-order valence-corrected chi connectivity index (χ1v) is 7.48. The monoisotopic (exact) mass is 390 g/mol. The van der Waals surface area contributed by atoms with Crippen LogP contribution < -0.4 is 4.74 Å². The standard InChI is InChI=1S/C12H15O2PS.3CO.Cr/c1-12(2,3)10-8(13)7-5-6-16-9(7)11(14-4)15-10;3*1-2;/h5-6,13H,1-4H3;;;;. The molecule has 0 amide bonds. The van der Waals surface area contributed by atoms with Gasteiger partial charge in [-0.2, -0.15) is 0 Å². The van der Waals surface area contributed by atoms with Crippen molar-refractivity contribution < 1.29 is 41.2 Å². The molecule has 2 aromatic heterocycles. The van der Waals surface area contributed by atoms with Crippen LogP contribution in [0.2, 0.25) is 0 Å². The molecule has 122 valence electrons. The minimum atomic E-state index is -0.0466. The van der Waals surface area contributed by atoms with Crippen LogP contribution in [0.1, 0.15) is 26.1 Å². The van der Waals surface area contributed by atoms with Crippen molar-refractivity contribution in [2.75, 3.05) is 7.11 Å². The number of hydrogen-bond donors (Lipinski definition) is 1. The molecule has 0 unspecified atom stereocenters. The van der Waals surface area contributed by atoms with Gasteiger partial charge in [0.2, 0.25) is 0 Å². The first-order chi connectivity index (χ1) is 10.4. The van der Waals surface area contributed by atoms with E-state index in [-0.39, 0.29) is 22.8 Å². The van der Waals surface area contributed by atoms with Gasteiger partial charge in [0, 0.05) is 28.0 Å². The molecule has 0 aliphatic carbocycles. The molecule has 0 atom stereocenters. The van der Waals surface area contributed by atoms with Crippen molar-refractivity contribution in [3.63, 3.8) is 0 Å². The van der Waals surface area contributed by atoms with E-state index in [0.29, 0.717) is 5.75 Å². The van der Waals surface area contributed by atoms with Gasteiger partial charge in [-0.1, -0.05) is 20.8 Å². The summed E-state index contributed by atoms with van der Waals surface area (Å²) in [4.78, 5) is 0.